The predicted octanol–water partition coefficient (Wildman–Crippen LogP) is 4.68. The molecule has 2 N–H and O–H groups in total. The van der Waals surface area contributed by atoms with Gasteiger partial charge in [-0.1, -0.05) is 48.9 Å². The highest BCUT2D eigenvalue weighted by molar-refractivity contribution is 7.98. The van der Waals surface area contributed by atoms with Crippen LogP contribution in [0.2, 0.25) is 10.0 Å². The summed E-state index contributed by atoms with van der Waals surface area (Å²) in [5.74, 6) is 0.329. The van der Waals surface area contributed by atoms with Crippen molar-refractivity contribution in [2.24, 2.45) is 0 Å². The van der Waals surface area contributed by atoms with Crippen molar-refractivity contribution in [3.63, 3.8) is 0 Å². The first-order chi connectivity index (χ1) is 12.5. The summed E-state index contributed by atoms with van der Waals surface area (Å²) in [5, 5.41) is 6.72. The van der Waals surface area contributed by atoms with E-state index in [2.05, 4.69) is 10.6 Å². The van der Waals surface area contributed by atoms with E-state index in [9.17, 15) is 9.59 Å². The number of hydrogen-bond acceptors (Lipinski definition) is 3. The number of amides is 2. The van der Waals surface area contributed by atoms with E-state index in [4.69, 9.17) is 23.2 Å². The van der Waals surface area contributed by atoms with Gasteiger partial charge in [-0.05, 0) is 49.5 Å². The molecule has 26 heavy (non-hydrogen) atoms. The normalized spacial score (nSPS) is 16.6. The van der Waals surface area contributed by atoms with Gasteiger partial charge in [-0.15, -0.1) is 0 Å². The fraction of sp³-hybridized carbons (Fsp3) is 0.579. The number of halogens is 2. The van der Waals surface area contributed by atoms with Crippen LogP contribution in [0, 0.1) is 0 Å². The van der Waals surface area contributed by atoms with Crippen LogP contribution in [0.4, 0.5) is 0 Å². The van der Waals surface area contributed by atoms with Gasteiger partial charge in [0.05, 0.1) is 10.6 Å². The molecular weight excluding hydrogens is 391 g/mol. The Morgan fingerprint density at radius 2 is 1.88 bits per heavy atom. The highest BCUT2D eigenvalue weighted by Gasteiger charge is 2.24. The highest BCUT2D eigenvalue weighted by Crippen LogP contribution is 2.21. The number of rotatable bonds is 7. The fourth-order valence-electron chi connectivity index (χ4n) is 3.14. The van der Waals surface area contributed by atoms with Gasteiger partial charge in [0, 0.05) is 11.1 Å². The summed E-state index contributed by atoms with van der Waals surface area (Å²) in [5.41, 5.74) is 0.326. The van der Waals surface area contributed by atoms with Gasteiger partial charge in [0.2, 0.25) is 5.91 Å². The Morgan fingerprint density at radius 3 is 2.50 bits per heavy atom. The Labute approximate surface area is 169 Å². The van der Waals surface area contributed by atoms with Crippen LogP contribution in [-0.4, -0.2) is 35.9 Å². The Bertz CT molecular complexity index is 620. The smallest absolute Gasteiger partial charge is 0.253 e. The molecule has 2 rings (SSSR count). The number of nitrogens with one attached hydrogen (secondary N) is 2. The highest BCUT2D eigenvalue weighted by atomic mass is 35.5. The lowest BCUT2D eigenvalue weighted by molar-refractivity contribution is -0.123. The topological polar surface area (TPSA) is 58.2 Å². The van der Waals surface area contributed by atoms with E-state index >= 15 is 0 Å². The second kappa shape index (κ2) is 11.1. The Kier molecular flexibility index (Phi) is 9.09. The molecule has 0 radical (unpaired) electrons. The van der Waals surface area contributed by atoms with Crippen LogP contribution >= 0.6 is 35.0 Å². The Morgan fingerprint density at radius 1 is 1.19 bits per heavy atom. The second-order valence-corrected chi connectivity index (χ2v) is 8.46. The van der Waals surface area contributed by atoms with E-state index in [1.165, 1.54) is 18.9 Å². The van der Waals surface area contributed by atoms with Crippen LogP contribution in [0.5, 0.6) is 0 Å². The van der Waals surface area contributed by atoms with Gasteiger partial charge in [-0.3, -0.25) is 9.59 Å². The molecule has 1 aromatic rings. The van der Waals surface area contributed by atoms with Crippen LogP contribution in [0.25, 0.3) is 0 Å². The Hall–Kier alpha value is -0.910. The number of hydrogen-bond donors (Lipinski definition) is 2. The SMILES string of the molecule is CSCC[C@@H](NC(=O)c1ccc(Cl)cc1Cl)C(=O)NC1CCCCCC1. The van der Waals surface area contributed by atoms with Gasteiger partial charge in [-0.25, -0.2) is 0 Å². The van der Waals surface area contributed by atoms with Crippen LogP contribution in [-0.2, 0) is 4.79 Å². The van der Waals surface area contributed by atoms with Crippen molar-refractivity contribution in [2.75, 3.05) is 12.0 Å². The van der Waals surface area contributed by atoms with E-state index in [1.807, 2.05) is 6.26 Å². The van der Waals surface area contributed by atoms with Crippen LogP contribution in [0.1, 0.15) is 55.3 Å². The summed E-state index contributed by atoms with van der Waals surface area (Å²) in [7, 11) is 0. The lowest BCUT2D eigenvalue weighted by atomic mass is 10.1. The number of thioether (sulfide) groups is 1. The van der Waals surface area contributed by atoms with Gasteiger partial charge >= 0.3 is 0 Å². The third kappa shape index (κ3) is 6.67. The average Bonchev–Trinajstić information content (AvgIpc) is 2.86. The molecule has 7 heteroatoms. The number of carbonyl (C=O) groups is 2. The molecule has 1 fully saturated rings. The minimum atomic E-state index is -0.565. The zero-order valence-electron chi connectivity index (χ0n) is 15.0. The summed E-state index contributed by atoms with van der Waals surface area (Å²) < 4.78 is 0. The zero-order chi connectivity index (χ0) is 18.9. The molecule has 4 nitrogen and oxygen atoms in total. The minimum Gasteiger partial charge on any atom is -0.352 e. The third-order valence-electron chi connectivity index (χ3n) is 4.61. The third-order valence-corrected chi connectivity index (χ3v) is 5.80. The summed E-state index contributed by atoms with van der Waals surface area (Å²) in [6, 6.07) is 4.36. The van der Waals surface area contributed by atoms with Gasteiger partial charge < -0.3 is 10.6 Å². The quantitative estimate of drug-likeness (QED) is 0.634. The molecule has 1 aliphatic rings. The van der Waals surface area contributed by atoms with Crippen molar-refractivity contribution in [1.29, 1.82) is 0 Å². The lowest BCUT2D eigenvalue weighted by Gasteiger charge is -2.23. The molecule has 0 bridgehead atoms. The lowest BCUT2D eigenvalue weighted by Crippen LogP contribution is -2.49. The minimum absolute atomic E-state index is 0.107. The molecule has 1 aliphatic carbocycles. The van der Waals surface area contributed by atoms with E-state index in [1.54, 1.807) is 23.9 Å². The number of carbonyl (C=O) groups excluding carboxylic acids is 2. The van der Waals surface area contributed by atoms with Gasteiger partial charge in [0.1, 0.15) is 6.04 Å². The monoisotopic (exact) mass is 416 g/mol. The second-order valence-electron chi connectivity index (χ2n) is 6.63. The van der Waals surface area contributed by atoms with Crippen LogP contribution in [0.3, 0.4) is 0 Å². The molecule has 2 amide bonds. The molecule has 0 unspecified atom stereocenters. The maximum absolute atomic E-state index is 12.7. The van der Waals surface area contributed by atoms with Crippen molar-refractivity contribution in [2.45, 2.75) is 57.0 Å². The molecule has 0 aromatic heterocycles. The molecule has 144 valence electrons. The standard InChI is InChI=1S/C19H26Cl2N2O2S/c1-26-11-10-17(19(25)22-14-6-4-2-3-5-7-14)23-18(24)15-9-8-13(20)12-16(15)21/h8-9,12,14,17H,2-7,10-11H2,1H3,(H,22,25)(H,23,24)/t17-/m1/s1. The Balaban J connectivity index is 2.02. The molecular formula is C19H26Cl2N2O2S. The molecule has 0 saturated heterocycles. The number of benzene rings is 1. The first kappa shape index (κ1) is 21.4. The first-order valence-electron chi connectivity index (χ1n) is 9.06. The largest absolute Gasteiger partial charge is 0.352 e. The van der Waals surface area contributed by atoms with E-state index in [0.29, 0.717) is 17.0 Å². The molecule has 0 heterocycles. The summed E-state index contributed by atoms with van der Waals surface area (Å²) in [6.45, 7) is 0. The van der Waals surface area contributed by atoms with E-state index < -0.39 is 6.04 Å². The summed E-state index contributed by atoms with van der Waals surface area (Å²) in [4.78, 5) is 25.3. The van der Waals surface area contributed by atoms with Crippen molar-refractivity contribution >= 4 is 46.8 Å². The summed E-state index contributed by atoms with van der Waals surface area (Å²) >= 11 is 13.7. The zero-order valence-corrected chi connectivity index (χ0v) is 17.4. The summed E-state index contributed by atoms with van der Waals surface area (Å²) in [6.07, 6.45) is 9.34. The molecule has 1 atom stereocenters. The average molecular weight is 417 g/mol. The molecule has 0 aliphatic heterocycles. The van der Waals surface area contributed by atoms with Crippen molar-refractivity contribution in [3.05, 3.63) is 33.8 Å². The molecule has 1 aromatic carbocycles. The fourth-order valence-corrected chi connectivity index (χ4v) is 4.11. The van der Waals surface area contributed by atoms with Crippen molar-refractivity contribution in [1.82, 2.24) is 10.6 Å². The van der Waals surface area contributed by atoms with E-state index in [0.717, 1.165) is 31.4 Å². The van der Waals surface area contributed by atoms with Gasteiger partial charge in [0.25, 0.3) is 5.91 Å². The molecule has 1 saturated carbocycles. The maximum atomic E-state index is 12.7. The van der Waals surface area contributed by atoms with Gasteiger partial charge in [0.15, 0.2) is 0 Å². The van der Waals surface area contributed by atoms with Crippen LogP contribution in [0.15, 0.2) is 18.2 Å². The van der Waals surface area contributed by atoms with Crippen molar-refractivity contribution in [3.8, 4) is 0 Å². The maximum Gasteiger partial charge on any atom is 0.253 e. The van der Waals surface area contributed by atoms with Crippen LogP contribution < -0.4 is 10.6 Å². The van der Waals surface area contributed by atoms with Crippen molar-refractivity contribution < 1.29 is 9.59 Å². The molecule has 0 spiro atoms. The predicted molar refractivity (Wildman–Crippen MR) is 110 cm³/mol. The first-order valence-corrected chi connectivity index (χ1v) is 11.2. The van der Waals surface area contributed by atoms with E-state index in [-0.39, 0.29) is 22.9 Å². The van der Waals surface area contributed by atoms with Gasteiger partial charge in [-0.2, -0.15) is 11.8 Å².